The van der Waals surface area contributed by atoms with Crippen LogP contribution in [-0.2, 0) is 10.0 Å². The van der Waals surface area contributed by atoms with E-state index in [1.165, 1.54) is 6.07 Å². The van der Waals surface area contributed by atoms with Crippen molar-refractivity contribution in [2.75, 3.05) is 13.1 Å². The average molecular weight is 277 g/mol. The maximum atomic E-state index is 11.9. The molecule has 0 radical (unpaired) electrons. The van der Waals surface area contributed by atoms with Crippen LogP contribution in [0.4, 0.5) is 0 Å². The molecule has 0 spiro atoms. The molecule has 0 aliphatic carbocycles. The first-order chi connectivity index (χ1) is 7.97. The van der Waals surface area contributed by atoms with Crippen molar-refractivity contribution in [3.05, 3.63) is 29.3 Å². The van der Waals surface area contributed by atoms with Crippen molar-refractivity contribution < 1.29 is 8.42 Å². The summed E-state index contributed by atoms with van der Waals surface area (Å²) in [5.74, 6) is 0. The topological polar surface area (TPSA) is 58.2 Å². The van der Waals surface area contributed by atoms with E-state index < -0.39 is 10.0 Å². The van der Waals surface area contributed by atoms with Gasteiger partial charge in [0.15, 0.2) is 0 Å². The normalized spacial score (nSPS) is 13.6. The van der Waals surface area contributed by atoms with Crippen LogP contribution in [0.3, 0.4) is 0 Å². The van der Waals surface area contributed by atoms with Gasteiger partial charge in [-0.25, -0.2) is 13.1 Å². The fourth-order valence-corrected chi connectivity index (χ4v) is 3.04. The van der Waals surface area contributed by atoms with Crippen LogP contribution in [0.2, 0.25) is 5.02 Å². The van der Waals surface area contributed by atoms with Gasteiger partial charge in [-0.05, 0) is 25.6 Å². The molecule has 0 heterocycles. The van der Waals surface area contributed by atoms with E-state index in [1.807, 2.05) is 13.8 Å². The van der Waals surface area contributed by atoms with Crippen LogP contribution in [0, 0.1) is 0 Å². The number of nitrogens with one attached hydrogen (secondary N) is 2. The Morgan fingerprint density at radius 3 is 2.59 bits per heavy atom. The summed E-state index contributed by atoms with van der Waals surface area (Å²) in [7, 11) is -3.53. The molecule has 1 atom stereocenters. The highest BCUT2D eigenvalue weighted by molar-refractivity contribution is 7.89. The molecule has 0 bridgehead atoms. The summed E-state index contributed by atoms with van der Waals surface area (Å²) in [5, 5.41) is 3.36. The Kier molecular flexibility index (Phi) is 5.39. The SMILES string of the molecule is CCN[C@H](C)CNS(=O)(=O)c1ccccc1Cl. The second-order valence-electron chi connectivity index (χ2n) is 3.74. The quantitative estimate of drug-likeness (QED) is 0.830. The van der Waals surface area contributed by atoms with Crippen LogP contribution in [0.15, 0.2) is 29.2 Å². The van der Waals surface area contributed by atoms with Crippen LogP contribution in [0.5, 0.6) is 0 Å². The highest BCUT2D eigenvalue weighted by Gasteiger charge is 2.17. The fraction of sp³-hybridized carbons (Fsp3) is 0.455. The number of likely N-dealkylation sites (N-methyl/N-ethyl adjacent to an activating group) is 1. The third-order valence-electron chi connectivity index (χ3n) is 2.26. The lowest BCUT2D eigenvalue weighted by molar-refractivity contribution is 0.536. The van der Waals surface area contributed by atoms with Gasteiger partial charge >= 0.3 is 0 Å². The lowest BCUT2D eigenvalue weighted by atomic mass is 10.3. The van der Waals surface area contributed by atoms with Crippen molar-refractivity contribution in [2.24, 2.45) is 0 Å². The highest BCUT2D eigenvalue weighted by atomic mass is 35.5. The Bertz CT molecular complexity index is 462. The van der Waals surface area contributed by atoms with Crippen molar-refractivity contribution in [1.29, 1.82) is 0 Å². The van der Waals surface area contributed by atoms with Crippen molar-refractivity contribution in [3.63, 3.8) is 0 Å². The number of hydrogen-bond acceptors (Lipinski definition) is 3. The maximum Gasteiger partial charge on any atom is 0.242 e. The minimum Gasteiger partial charge on any atom is -0.313 e. The second kappa shape index (κ2) is 6.35. The first-order valence-electron chi connectivity index (χ1n) is 5.45. The zero-order valence-corrected chi connectivity index (χ0v) is 11.5. The maximum absolute atomic E-state index is 11.9. The molecule has 0 aliphatic rings. The van der Waals surface area contributed by atoms with Gasteiger partial charge in [-0.2, -0.15) is 0 Å². The van der Waals surface area contributed by atoms with E-state index >= 15 is 0 Å². The van der Waals surface area contributed by atoms with Crippen molar-refractivity contribution in [1.82, 2.24) is 10.0 Å². The lowest BCUT2D eigenvalue weighted by Gasteiger charge is -2.14. The van der Waals surface area contributed by atoms with E-state index in [-0.39, 0.29) is 16.0 Å². The Morgan fingerprint density at radius 2 is 2.00 bits per heavy atom. The smallest absolute Gasteiger partial charge is 0.242 e. The van der Waals surface area contributed by atoms with Crippen LogP contribution in [-0.4, -0.2) is 27.5 Å². The molecule has 2 N–H and O–H groups in total. The van der Waals surface area contributed by atoms with Gasteiger partial charge in [0.2, 0.25) is 10.0 Å². The standard InChI is InChI=1S/C11H17ClN2O2S/c1-3-13-9(2)8-14-17(15,16)11-7-5-4-6-10(11)12/h4-7,9,13-14H,3,8H2,1-2H3/t9-/m1/s1. The van der Waals surface area contributed by atoms with Crippen molar-refractivity contribution in [3.8, 4) is 0 Å². The molecule has 1 rings (SSSR count). The summed E-state index contributed by atoms with van der Waals surface area (Å²) >= 11 is 5.85. The van der Waals surface area contributed by atoms with E-state index in [0.717, 1.165) is 6.54 Å². The summed E-state index contributed by atoms with van der Waals surface area (Å²) in [4.78, 5) is 0.116. The molecule has 0 aliphatic heterocycles. The van der Waals surface area contributed by atoms with Crippen molar-refractivity contribution >= 4 is 21.6 Å². The minimum atomic E-state index is -3.53. The molecule has 0 fully saturated rings. The summed E-state index contributed by atoms with van der Waals surface area (Å²) in [5.41, 5.74) is 0. The number of rotatable bonds is 6. The number of benzene rings is 1. The van der Waals surface area contributed by atoms with E-state index in [0.29, 0.717) is 6.54 Å². The Morgan fingerprint density at radius 1 is 1.35 bits per heavy atom. The number of halogens is 1. The molecule has 0 saturated heterocycles. The van der Waals surface area contributed by atoms with Crippen LogP contribution < -0.4 is 10.0 Å². The van der Waals surface area contributed by atoms with Gasteiger partial charge in [0.25, 0.3) is 0 Å². The third kappa shape index (κ3) is 4.27. The average Bonchev–Trinajstić information content (AvgIpc) is 2.27. The predicted molar refractivity (Wildman–Crippen MR) is 69.8 cm³/mol. The minimum absolute atomic E-state index is 0.0808. The Balaban J connectivity index is 2.73. The van der Waals surface area contributed by atoms with Gasteiger partial charge in [-0.15, -0.1) is 0 Å². The Hall–Kier alpha value is -0.620. The van der Waals surface area contributed by atoms with Gasteiger partial charge in [-0.3, -0.25) is 0 Å². The molecule has 1 aromatic carbocycles. The summed E-state index contributed by atoms with van der Waals surface area (Å²) in [6.07, 6.45) is 0. The van der Waals surface area contributed by atoms with Gasteiger partial charge in [0.05, 0.1) is 5.02 Å². The Labute approximate surface area is 107 Å². The number of hydrogen-bond donors (Lipinski definition) is 2. The summed E-state index contributed by atoms with van der Waals surface area (Å²) in [6.45, 7) is 5.02. The van der Waals surface area contributed by atoms with Gasteiger partial charge in [0, 0.05) is 12.6 Å². The van der Waals surface area contributed by atoms with Gasteiger partial charge in [-0.1, -0.05) is 30.7 Å². The van der Waals surface area contributed by atoms with E-state index in [1.54, 1.807) is 18.2 Å². The van der Waals surface area contributed by atoms with Crippen LogP contribution >= 0.6 is 11.6 Å². The van der Waals surface area contributed by atoms with E-state index in [9.17, 15) is 8.42 Å². The summed E-state index contributed by atoms with van der Waals surface area (Å²) < 4.78 is 26.4. The van der Waals surface area contributed by atoms with Crippen LogP contribution in [0.25, 0.3) is 0 Å². The zero-order valence-electron chi connectivity index (χ0n) is 9.90. The molecular weight excluding hydrogens is 260 g/mol. The number of sulfonamides is 1. The van der Waals surface area contributed by atoms with Crippen LogP contribution in [0.1, 0.15) is 13.8 Å². The first kappa shape index (κ1) is 14.4. The zero-order chi connectivity index (χ0) is 12.9. The molecule has 17 heavy (non-hydrogen) atoms. The van der Waals surface area contributed by atoms with Crippen molar-refractivity contribution in [2.45, 2.75) is 24.8 Å². The van der Waals surface area contributed by atoms with E-state index in [4.69, 9.17) is 11.6 Å². The third-order valence-corrected chi connectivity index (χ3v) is 4.18. The fourth-order valence-electron chi connectivity index (χ4n) is 1.40. The van der Waals surface area contributed by atoms with E-state index in [2.05, 4.69) is 10.0 Å². The monoisotopic (exact) mass is 276 g/mol. The molecule has 96 valence electrons. The van der Waals surface area contributed by atoms with Gasteiger partial charge in [0.1, 0.15) is 4.90 Å². The molecule has 4 nitrogen and oxygen atoms in total. The highest BCUT2D eigenvalue weighted by Crippen LogP contribution is 2.19. The summed E-state index contributed by atoms with van der Waals surface area (Å²) in [6, 6.07) is 6.47. The first-order valence-corrected chi connectivity index (χ1v) is 7.31. The molecule has 0 saturated carbocycles. The lowest BCUT2D eigenvalue weighted by Crippen LogP contribution is -2.38. The molecular formula is C11H17ClN2O2S. The second-order valence-corrected chi connectivity index (χ2v) is 5.88. The molecule has 0 amide bonds. The molecule has 0 aromatic heterocycles. The van der Waals surface area contributed by atoms with Gasteiger partial charge < -0.3 is 5.32 Å². The predicted octanol–water partition coefficient (Wildman–Crippen LogP) is 1.62. The largest absolute Gasteiger partial charge is 0.313 e. The molecule has 1 aromatic rings. The molecule has 6 heteroatoms. The molecule has 0 unspecified atom stereocenters.